The van der Waals surface area contributed by atoms with Gasteiger partial charge in [0.25, 0.3) is 0 Å². The molecule has 25 heavy (non-hydrogen) atoms. The standard InChI is InChI=1S/C20H31N3O2/c1-5-18-14-23(16(3)24)12-11-19(18)21-15(2)20(25)22(4)13-17-9-7-6-8-10-17/h6-10,15,18-19,21H,5,11-14H2,1-4H3. The Bertz CT molecular complexity index is 576. The van der Waals surface area contributed by atoms with Crippen LogP contribution in [0.25, 0.3) is 0 Å². The average Bonchev–Trinajstić information content (AvgIpc) is 2.61. The van der Waals surface area contributed by atoms with Crippen molar-refractivity contribution in [3.8, 4) is 0 Å². The van der Waals surface area contributed by atoms with Crippen molar-refractivity contribution >= 4 is 11.8 Å². The van der Waals surface area contributed by atoms with E-state index >= 15 is 0 Å². The molecule has 1 aliphatic heterocycles. The van der Waals surface area contributed by atoms with Crippen LogP contribution < -0.4 is 5.32 Å². The number of likely N-dealkylation sites (N-methyl/N-ethyl adjacent to an activating group) is 1. The summed E-state index contributed by atoms with van der Waals surface area (Å²) >= 11 is 0. The van der Waals surface area contributed by atoms with E-state index in [-0.39, 0.29) is 23.9 Å². The second kappa shape index (κ2) is 8.99. The van der Waals surface area contributed by atoms with Gasteiger partial charge in [0.05, 0.1) is 6.04 Å². The monoisotopic (exact) mass is 345 g/mol. The van der Waals surface area contributed by atoms with Crippen LogP contribution in [0.15, 0.2) is 30.3 Å². The first-order valence-electron chi connectivity index (χ1n) is 9.22. The van der Waals surface area contributed by atoms with Crippen molar-refractivity contribution in [3.05, 3.63) is 35.9 Å². The first kappa shape index (κ1) is 19.4. The quantitative estimate of drug-likeness (QED) is 0.860. The minimum Gasteiger partial charge on any atom is -0.343 e. The third kappa shape index (κ3) is 5.30. The molecule has 5 nitrogen and oxygen atoms in total. The summed E-state index contributed by atoms with van der Waals surface area (Å²) in [7, 11) is 1.85. The molecule has 0 aromatic heterocycles. The molecule has 1 aromatic rings. The molecule has 1 saturated heterocycles. The fraction of sp³-hybridized carbons (Fsp3) is 0.600. The summed E-state index contributed by atoms with van der Waals surface area (Å²) in [5.74, 6) is 0.642. The zero-order valence-corrected chi connectivity index (χ0v) is 15.9. The molecule has 5 heteroatoms. The van der Waals surface area contributed by atoms with Crippen molar-refractivity contribution in [2.24, 2.45) is 5.92 Å². The molecule has 1 aromatic carbocycles. The largest absolute Gasteiger partial charge is 0.343 e. The van der Waals surface area contributed by atoms with E-state index in [2.05, 4.69) is 12.2 Å². The predicted octanol–water partition coefficient (Wildman–Crippen LogP) is 2.27. The van der Waals surface area contributed by atoms with E-state index in [9.17, 15) is 9.59 Å². The fourth-order valence-electron chi connectivity index (χ4n) is 3.61. The zero-order valence-electron chi connectivity index (χ0n) is 15.9. The Balaban J connectivity index is 1.90. The number of benzene rings is 1. The average molecular weight is 345 g/mol. The smallest absolute Gasteiger partial charge is 0.239 e. The lowest BCUT2D eigenvalue weighted by Crippen LogP contribution is -2.55. The molecule has 3 unspecified atom stereocenters. The summed E-state index contributed by atoms with van der Waals surface area (Å²) in [5.41, 5.74) is 1.13. The topological polar surface area (TPSA) is 52.7 Å². The molecule has 1 heterocycles. The van der Waals surface area contributed by atoms with Crippen molar-refractivity contribution in [2.45, 2.75) is 52.2 Å². The van der Waals surface area contributed by atoms with Gasteiger partial charge in [-0.25, -0.2) is 0 Å². The Morgan fingerprint density at radius 2 is 2.00 bits per heavy atom. The molecule has 3 atom stereocenters. The maximum atomic E-state index is 12.7. The summed E-state index contributed by atoms with van der Waals surface area (Å²) in [6.07, 6.45) is 1.90. The number of rotatable bonds is 6. The van der Waals surface area contributed by atoms with Crippen LogP contribution in [-0.4, -0.2) is 53.8 Å². The van der Waals surface area contributed by atoms with Crippen LogP contribution in [0.1, 0.15) is 39.2 Å². The van der Waals surface area contributed by atoms with Crippen molar-refractivity contribution < 1.29 is 9.59 Å². The molecule has 0 radical (unpaired) electrons. The van der Waals surface area contributed by atoms with Gasteiger partial charge in [-0.2, -0.15) is 0 Å². The number of carbonyl (C=O) groups excluding carboxylic acids is 2. The van der Waals surface area contributed by atoms with E-state index in [1.165, 1.54) is 0 Å². The first-order chi connectivity index (χ1) is 11.9. The Kier molecular flexibility index (Phi) is 7.00. The molecule has 0 aliphatic carbocycles. The van der Waals surface area contributed by atoms with Crippen LogP contribution in [0.5, 0.6) is 0 Å². The Hall–Kier alpha value is -1.88. The van der Waals surface area contributed by atoms with Gasteiger partial charge in [-0.05, 0) is 24.8 Å². The lowest BCUT2D eigenvalue weighted by molar-refractivity contribution is -0.134. The number of hydrogen-bond donors (Lipinski definition) is 1. The van der Waals surface area contributed by atoms with Crippen molar-refractivity contribution in [3.63, 3.8) is 0 Å². The number of hydrogen-bond acceptors (Lipinski definition) is 3. The number of amides is 2. The predicted molar refractivity (Wildman–Crippen MR) is 100.0 cm³/mol. The first-order valence-corrected chi connectivity index (χ1v) is 9.22. The minimum absolute atomic E-state index is 0.104. The maximum absolute atomic E-state index is 12.7. The van der Waals surface area contributed by atoms with E-state index < -0.39 is 0 Å². The van der Waals surface area contributed by atoms with Gasteiger partial charge >= 0.3 is 0 Å². The lowest BCUT2D eigenvalue weighted by Gasteiger charge is -2.39. The molecule has 1 N–H and O–H groups in total. The summed E-state index contributed by atoms with van der Waals surface area (Å²) < 4.78 is 0. The molecular weight excluding hydrogens is 314 g/mol. The highest BCUT2D eigenvalue weighted by atomic mass is 16.2. The fourth-order valence-corrected chi connectivity index (χ4v) is 3.61. The molecule has 0 bridgehead atoms. The van der Waals surface area contributed by atoms with E-state index in [0.29, 0.717) is 12.5 Å². The van der Waals surface area contributed by atoms with Crippen LogP contribution in [0.2, 0.25) is 0 Å². The van der Waals surface area contributed by atoms with Crippen molar-refractivity contribution in [1.82, 2.24) is 15.1 Å². The zero-order chi connectivity index (χ0) is 18.4. The molecule has 1 fully saturated rings. The van der Waals surface area contributed by atoms with Crippen LogP contribution >= 0.6 is 0 Å². The van der Waals surface area contributed by atoms with Gasteiger partial charge in [0.2, 0.25) is 11.8 Å². The highest BCUT2D eigenvalue weighted by Gasteiger charge is 2.31. The third-order valence-electron chi connectivity index (χ3n) is 5.18. The summed E-state index contributed by atoms with van der Waals surface area (Å²) in [5, 5.41) is 3.52. The van der Waals surface area contributed by atoms with Crippen LogP contribution in [-0.2, 0) is 16.1 Å². The minimum atomic E-state index is -0.225. The number of likely N-dealkylation sites (tertiary alicyclic amines) is 1. The van der Waals surface area contributed by atoms with Gasteiger partial charge in [-0.3, -0.25) is 9.59 Å². The summed E-state index contributed by atoms with van der Waals surface area (Å²) in [4.78, 5) is 28.0. The molecule has 138 valence electrons. The van der Waals surface area contributed by atoms with Gasteiger partial charge in [0.15, 0.2) is 0 Å². The van der Waals surface area contributed by atoms with Crippen LogP contribution in [0, 0.1) is 5.92 Å². The van der Waals surface area contributed by atoms with Gasteiger partial charge in [-0.1, -0.05) is 43.7 Å². The molecule has 1 aliphatic rings. The lowest BCUT2D eigenvalue weighted by atomic mass is 9.89. The summed E-state index contributed by atoms with van der Waals surface area (Å²) in [6, 6.07) is 10.1. The van der Waals surface area contributed by atoms with Gasteiger partial charge in [-0.15, -0.1) is 0 Å². The Morgan fingerprint density at radius 1 is 1.32 bits per heavy atom. The second-order valence-electron chi connectivity index (χ2n) is 7.10. The highest BCUT2D eigenvalue weighted by molar-refractivity contribution is 5.81. The molecular formula is C20H31N3O2. The van der Waals surface area contributed by atoms with Gasteiger partial charge < -0.3 is 15.1 Å². The molecule has 2 amide bonds. The van der Waals surface area contributed by atoms with Crippen molar-refractivity contribution in [2.75, 3.05) is 20.1 Å². The molecule has 2 rings (SSSR count). The van der Waals surface area contributed by atoms with E-state index in [4.69, 9.17) is 0 Å². The van der Waals surface area contributed by atoms with Crippen LogP contribution in [0.3, 0.4) is 0 Å². The number of nitrogens with one attached hydrogen (secondary N) is 1. The normalized spacial score (nSPS) is 21.7. The van der Waals surface area contributed by atoms with Gasteiger partial charge in [0.1, 0.15) is 0 Å². The second-order valence-corrected chi connectivity index (χ2v) is 7.10. The third-order valence-corrected chi connectivity index (χ3v) is 5.18. The highest BCUT2D eigenvalue weighted by Crippen LogP contribution is 2.21. The SMILES string of the molecule is CCC1CN(C(C)=O)CCC1NC(C)C(=O)N(C)Cc1ccccc1. The van der Waals surface area contributed by atoms with Gasteiger partial charge in [0, 0.05) is 39.6 Å². The number of carbonyl (C=O) groups is 2. The molecule has 0 saturated carbocycles. The number of nitrogens with zero attached hydrogens (tertiary/aromatic N) is 2. The maximum Gasteiger partial charge on any atom is 0.239 e. The van der Waals surface area contributed by atoms with E-state index in [1.54, 1.807) is 11.8 Å². The van der Waals surface area contributed by atoms with E-state index in [1.807, 2.05) is 49.2 Å². The Morgan fingerprint density at radius 3 is 2.60 bits per heavy atom. The summed E-state index contributed by atoms with van der Waals surface area (Å²) in [6.45, 7) is 7.89. The van der Waals surface area contributed by atoms with Crippen LogP contribution in [0.4, 0.5) is 0 Å². The Labute approximate surface area is 151 Å². The van der Waals surface area contributed by atoms with E-state index in [0.717, 1.165) is 31.5 Å². The number of piperidine rings is 1. The van der Waals surface area contributed by atoms with Crippen molar-refractivity contribution in [1.29, 1.82) is 0 Å². The molecule has 0 spiro atoms.